The van der Waals surface area contributed by atoms with E-state index >= 15 is 0 Å². The number of nitro benzene ring substituents is 1. The molecule has 6 nitrogen and oxygen atoms in total. The minimum Gasteiger partial charge on any atom is -0.318 e. The summed E-state index contributed by atoms with van der Waals surface area (Å²) in [7, 11) is 2.13. The van der Waals surface area contributed by atoms with Crippen LogP contribution in [-0.4, -0.2) is 22.9 Å². The van der Waals surface area contributed by atoms with Gasteiger partial charge in [0.25, 0.3) is 5.69 Å². The van der Waals surface area contributed by atoms with E-state index in [0.29, 0.717) is 17.6 Å². The predicted octanol–water partition coefficient (Wildman–Crippen LogP) is 2.89. The van der Waals surface area contributed by atoms with Gasteiger partial charge in [0.2, 0.25) is 0 Å². The molecule has 21 heavy (non-hydrogen) atoms. The summed E-state index contributed by atoms with van der Waals surface area (Å²) >= 11 is 0. The van der Waals surface area contributed by atoms with Crippen molar-refractivity contribution in [1.29, 1.82) is 0 Å². The molecule has 2 atom stereocenters. The summed E-state index contributed by atoms with van der Waals surface area (Å²) in [5, 5.41) is 10.9. The van der Waals surface area contributed by atoms with Crippen LogP contribution in [0.5, 0.6) is 0 Å². The van der Waals surface area contributed by atoms with E-state index in [-0.39, 0.29) is 5.69 Å². The first kappa shape index (κ1) is 15.7. The van der Waals surface area contributed by atoms with Crippen molar-refractivity contribution >= 4 is 11.4 Å². The molecule has 1 aromatic rings. The van der Waals surface area contributed by atoms with Crippen molar-refractivity contribution in [3.63, 3.8) is 0 Å². The fourth-order valence-corrected chi connectivity index (χ4v) is 3.31. The third-order valence-electron chi connectivity index (χ3n) is 4.48. The van der Waals surface area contributed by atoms with Crippen molar-refractivity contribution in [2.45, 2.75) is 45.2 Å². The lowest BCUT2D eigenvalue weighted by Gasteiger charge is -2.36. The SMILES string of the molecule is CC1CCCCC1N(C)Cc1ccc([N+](=O)[O-])c(NN)c1. The van der Waals surface area contributed by atoms with Gasteiger partial charge in [0.1, 0.15) is 5.69 Å². The number of hydrogen-bond acceptors (Lipinski definition) is 5. The summed E-state index contributed by atoms with van der Waals surface area (Å²) in [6.07, 6.45) is 5.12. The van der Waals surface area contributed by atoms with E-state index in [0.717, 1.165) is 12.1 Å². The van der Waals surface area contributed by atoms with Crippen LogP contribution in [0.4, 0.5) is 11.4 Å². The van der Waals surface area contributed by atoms with Gasteiger partial charge in [-0.05, 0) is 37.4 Å². The van der Waals surface area contributed by atoms with E-state index < -0.39 is 4.92 Å². The summed E-state index contributed by atoms with van der Waals surface area (Å²) in [6.45, 7) is 3.09. The highest BCUT2D eigenvalue weighted by Gasteiger charge is 2.25. The topological polar surface area (TPSA) is 84.4 Å². The Morgan fingerprint density at radius 3 is 2.76 bits per heavy atom. The maximum absolute atomic E-state index is 10.9. The Hall–Kier alpha value is -1.66. The minimum atomic E-state index is -0.425. The molecule has 1 aliphatic rings. The van der Waals surface area contributed by atoms with Crippen molar-refractivity contribution < 1.29 is 4.92 Å². The van der Waals surface area contributed by atoms with Crippen molar-refractivity contribution in [1.82, 2.24) is 4.90 Å². The average molecular weight is 292 g/mol. The number of nitro groups is 1. The normalized spacial score (nSPS) is 22.3. The van der Waals surface area contributed by atoms with Crippen LogP contribution < -0.4 is 11.3 Å². The van der Waals surface area contributed by atoms with Crippen LogP contribution in [-0.2, 0) is 6.54 Å². The van der Waals surface area contributed by atoms with Crippen molar-refractivity contribution in [2.75, 3.05) is 12.5 Å². The monoisotopic (exact) mass is 292 g/mol. The molecule has 1 aromatic carbocycles. The van der Waals surface area contributed by atoms with Crippen molar-refractivity contribution in [2.24, 2.45) is 11.8 Å². The predicted molar refractivity (Wildman–Crippen MR) is 83.8 cm³/mol. The van der Waals surface area contributed by atoms with Gasteiger partial charge in [-0.1, -0.05) is 25.8 Å². The van der Waals surface area contributed by atoms with Crippen LogP contribution in [0.3, 0.4) is 0 Å². The fourth-order valence-electron chi connectivity index (χ4n) is 3.31. The maximum Gasteiger partial charge on any atom is 0.293 e. The first-order chi connectivity index (χ1) is 10.0. The number of nitrogens with one attached hydrogen (secondary N) is 1. The van der Waals surface area contributed by atoms with Gasteiger partial charge in [-0.3, -0.25) is 20.9 Å². The van der Waals surface area contributed by atoms with Gasteiger partial charge in [0, 0.05) is 18.7 Å². The molecular formula is C15H24N4O2. The Kier molecular flexibility index (Phi) is 5.14. The Balaban J connectivity index is 2.10. The summed E-state index contributed by atoms with van der Waals surface area (Å²) in [6, 6.07) is 5.68. The number of hydrazine groups is 1. The molecule has 116 valence electrons. The molecule has 0 bridgehead atoms. The van der Waals surface area contributed by atoms with Crippen LogP contribution in [0.25, 0.3) is 0 Å². The van der Waals surface area contributed by atoms with Crippen LogP contribution >= 0.6 is 0 Å². The van der Waals surface area contributed by atoms with Gasteiger partial charge in [0.15, 0.2) is 0 Å². The number of rotatable bonds is 5. The van der Waals surface area contributed by atoms with Crippen LogP contribution in [0.1, 0.15) is 38.2 Å². The molecule has 0 saturated heterocycles. The highest BCUT2D eigenvalue weighted by atomic mass is 16.6. The Labute approximate surface area is 125 Å². The zero-order valence-corrected chi connectivity index (χ0v) is 12.7. The molecule has 1 fully saturated rings. The second kappa shape index (κ2) is 6.87. The molecule has 0 spiro atoms. The summed E-state index contributed by atoms with van der Waals surface area (Å²) < 4.78 is 0. The van der Waals surface area contributed by atoms with E-state index in [2.05, 4.69) is 24.3 Å². The number of nitrogens with two attached hydrogens (primary N) is 1. The van der Waals surface area contributed by atoms with E-state index in [9.17, 15) is 10.1 Å². The molecule has 1 saturated carbocycles. The third-order valence-corrected chi connectivity index (χ3v) is 4.48. The standard InChI is InChI=1S/C15H24N4O2/c1-11-5-3-4-6-14(11)18(2)10-12-7-8-15(19(20)21)13(9-12)17-16/h7-9,11,14,17H,3-6,10,16H2,1-2H3. The number of nitrogens with zero attached hydrogens (tertiary/aromatic N) is 2. The van der Waals surface area contributed by atoms with Crippen molar-refractivity contribution in [3.8, 4) is 0 Å². The maximum atomic E-state index is 10.9. The van der Waals surface area contributed by atoms with Gasteiger partial charge in [0.05, 0.1) is 4.92 Å². The van der Waals surface area contributed by atoms with Crippen molar-refractivity contribution in [3.05, 3.63) is 33.9 Å². The third kappa shape index (κ3) is 3.71. The average Bonchev–Trinajstić information content (AvgIpc) is 2.47. The van der Waals surface area contributed by atoms with Gasteiger partial charge < -0.3 is 5.43 Å². The highest BCUT2D eigenvalue weighted by Crippen LogP contribution is 2.29. The summed E-state index contributed by atoms with van der Waals surface area (Å²) in [5.41, 5.74) is 3.83. The lowest BCUT2D eigenvalue weighted by atomic mass is 9.85. The Bertz CT molecular complexity index is 506. The number of hydrogen-bond donors (Lipinski definition) is 2. The molecule has 1 aliphatic carbocycles. The van der Waals surface area contributed by atoms with Gasteiger partial charge in [-0.15, -0.1) is 0 Å². The van der Waals surface area contributed by atoms with Crippen LogP contribution in [0.2, 0.25) is 0 Å². The quantitative estimate of drug-likeness (QED) is 0.495. The van der Waals surface area contributed by atoms with Crippen LogP contribution in [0.15, 0.2) is 18.2 Å². The molecular weight excluding hydrogens is 268 g/mol. The lowest BCUT2D eigenvalue weighted by molar-refractivity contribution is -0.384. The molecule has 2 rings (SSSR count). The first-order valence-electron chi connectivity index (χ1n) is 7.47. The molecule has 0 radical (unpaired) electrons. The Morgan fingerprint density at radius 1 is 1.43 bits per heavy atom. The molecule has 0 aromatic heterocycles. The fraction of sp³-hybridized carbons (Fsp3) is 0.600. The van der Waals surface area contributed by atoms with Gasteiger partial charge in [-0.25, -0.2) is 0 Å². The first-order valence-corrected chi connectivity index (χ1v) is 7.47. The van der Waals surface area contributed by atoms with E-state index in [1.165, 1.54) is 31.7 Å². The molecule has 0 aliphatic heterocycles. The zero-order chi connectivity index (χ0) is 15.4. The summed E-state index contributed by atoms with van der Waals surface area (Å²) in [4.78, 5) is 12.8. The molecule has 0 heterocycles. The number of nitrogen functional groups attached to an aromatic ring is 1. The Morgan fingerprint density at radius 2 is 2.14 bits per heavy atom. The zero-order valence-electron chi connectivity index (χ0n) is 12.7. The van der Waals surface area contributed by atoms with E-state index in [1.54, 1.807) is 6.07 Å². The van der Waals surface area contributed by atoms with Gasteiger partial charge >= 0.3 is 0 Å². The van der Waals surface area contributed by atoms with Gasteiger partial charge in [-0.2, -0.15) is 0 Å². The number of anilines is 1. The highest BCUT2D eigenvalue weighted by molar-refractivity contribution is 5.62. The van der Waals surface area contributed by atoms with E-state index in [1.807, 2.05) is 6.07 Å². The second-order valence-electron chi connectivity index (χ2n) is 6.00. The number of benzene rings is 1. The molecule has 6 heteroatoms. The summed E-state index contributed by atoms with van der Waals surface area (Å²) in [5.74, 6) is 6.09. The lowest BCUT2D eigenvalue weighted by Crippen LogP contribution is -2.38. The molecule has 2 unspecified atom stereocenters. The van der Waals surface area contributed by atoms with Crippen LogP contribution in [0, 0.1) is 16.0 Å². The molecule has 0 amide bonds. The van der Waals surface area contributed by atoms with E-state index in [4.69, 9.17) is 5.84 Å². The molecule has 3 N–H and O–H groups in total. The second-order valence-corrected chi connectivity index (χ2v) is 6.00. The largest absolute Gasteiger partial charge is 0.318 e. The minimum absolute atomic E-state index is 0.00920. The smallest absolute Gasteiger partial charge is 0.293 e.